The van der Waals surface area contributed by atoms with Gasteiger partial charge in [-0.3, -0.25) is 4.79 Å². The summed E-state index contributed by atoms with van der Waals surface area (Å²) in [4.78, 5) is 13.4. The fourth-order valence-electron chi connectivity index (χ4n) is 6.17. The van der Waals surface area contributed by atoms with Crippen molar-refractivity contribution in [1.29, 1.82) is 0 Å². The van der Waals surface area contributed by atoms with Crippen LogP contribution in [0.4, 0.5) is 13.2 Å². The first kappa shape index (κ1) is 34.1. The van der Waals surface area contributed by atoms with Crippen molar-refractivity contribution in [2.75, 3.05) is 20.5 Å². The van der Waals surface area contributed by atoms with Gasteiger partial charge in [0.05, 0.1) is 6.10 Å². The normalized spacial score (nSPS) is 14.1. The van der Waals surface area contributed by atoms with Crippen LogP contribution in [0, 0.1) is 17.5 Å². The Morgan fingerprint density at radius 2 is 1.31 bits per heavy atom. The zero-order valence-corrected chi connectivity index (χ0v) is 26.9. The number of hydrogen-bond donors (Lipinski definition) is 1. The molecule has 4 aromatic carbocycles. The molecule has 0 bridgehead atoms. The Morgan fingerprint density at radius 3 is 1.76 bits per heavy atom. The molecule has 5 nitrogen and oxygen atoms in total. The molecule has 0 aliphatic heterocycles. The lowest BCUT2D eigenvalue weighted by Crippen LogP contribution is -2.66. The van der Waals surface area contributed by atoms with Gasteiger partial charge in [-0.15, -0.1) is 0 Å². The minimum Gasteiger partial charge on any atom is -0.480 e. The molecule has 0 heterocycles. The van der Waals surface area contributed by atoms with Crippen LogP contribution in [0.25, 0.3) is 0 Å². The van der Waals surface area contributed by atoms with Crippen LogP contribution in [0.1, 0.15) is 38.3 Å². The molecule has 0 aliphatic carbocycles. The molecular formula is C36H39F3O5Si. The van der Waals surface area contributed by atoms with Crippen molar-refractivity contribution in [1.82, 2.24) is 0 Å². The van der Waals surface area contributed by atoms with Crippen molar-refractivity contribution >= 4 is 24.7 Å². The fourth-order valence-corrected chi connectivity index (χ4v) is 10.8. The highest BCUT2D eigenvalue weighted by Gasteiger charge is 2.52. The van der Waals surface area contributed by atoms with Crippen molar-refractivity contribution in [3.8, 4) is 0 Å². The second kappa shape index (κ2) is 14.6. The molecule has 0 saturated carbocycles. The van der Waals surface area contributed by atoms with Gasteiger partial charge in [0.25, 0.3) is 8.32 Å². The summed E-state index contributed by atoms with van der Waals surface area (Å²) in [5.74, 6) is -6.04. The molecule has 0 fully saturated rings. The molecule has 0 spiro atoms. The molecule has 0 aromatic heterocycles. The molecule has 4 rings (SSSR count). The number of methoxy groups -OCH3 is 1. The highest BCUT2D eigenvalue weighted by Crippen LogP contribution is 2.40. The first-order valence-electron chi connectivity index (χ1n) is 14.7. The van der Waals surface area contributed by atoms with Crippen LogP contribution >= 0.6 is 0 Å². The third-order valence-corrected chi connectivity index (χ3v) is 13.3. The van der Waals surface area contributed by atoms with Gasteiger partial charge in [-0.2, -0.15) is 0 Å². The fraction of sp³-hybridized carbons (Fsp3) is 0.306. The van der Waals surface area contributed by atoms with Crippen molar-refractivity contribution in [3.63, 3.8) is 0 Å². The van der Waals surface area contributed by atoms with Gasteiger partial charge in [0.2, 0.25) is 0 Å². The zero-order chi connectivity index (χ0) is 32.7. The average molecular weight is 637 g/mol. The largest absolute Gasteiger partial charge is 0.480 e. The van der Waals surface area contributed by atoms with E-state index in [-0.39, 0.29) is 36.8 Å². The molecule has 4 aromatic rings. The Labute approximate surface area is 263 Å². The number of hydrogen-bond acceptors (Lipinski definition) is 4. The van der Waals surface area contributed by atoms with Crippen LogP contribution in [0.15, 0.2) is 103 Å². The summed E-state index contributed by atoms with van der Waals surface area (Å²) in [6, 6.07) is 30.1. The Hall–Kier alpha value is -3.76. The Kier molecular flexibility index (Phi) is 11.0. The summed E-state index contributed by atoms with van der Waals surface area (Å²) in [5.41, 5.74) is -1.71. The maximum Gasteiger partial charge on any atom is 0.317 e. The van der Waals surface area contributed by atoms with E-state index in [9.17, 15) is 23.1 Å². The minimum absolute atomic E-state index is 0.0214. The summed E-state index contributed by atoms with van der Waals surface area (Å²) in [6.45, 7) is 6.13. The minimum atomic E-state index is -3.02. The summed E-state index contributed by atoms with van der Waals surface area (Å²) in [6.07, 6.45) is -1.37. The summed E-state index contributed by atoms with van der Waals surface area (Å²) < 4.78 is 61.8. The topological polar surface area (TPSA) is 65.0 Å². The Bertz CT molecular complexity index is 1490. The monoisotopic (exact) mass is 636 g/mol. The van der Waals surface area contributed by atoms with Crippen LogP contribution in [0.2, 0.25) is 5.04 Å². The lowest BCUT2D eigenvalue weighted by Gasteiger charge is -2.44. The van der Waals surface area contributed by atoms with Gasteiger partial charge in [-0.1, -0.05) is 112 Å². The molecule has 0 aliphatic rings. The van der Waals surface area contributed by atoms with Crippen LogP contribution in [0.3, 0.4) is 0 Å². The molecule has 0 saturated heterocycles. The number of carbonyl (C=O) groups is 1. The second-order valence-corrected chi connectivity index (χ2v) is 16.4. The maximum atomic E-state index is 14.7. The first-order valence-corrected chi connectivity index (χ1v) is 16.7. The van der Waals surface area contributed by atoms with E-state index in [2.05, 4.69) is 20.8 Å². The van der Waals surface area contributed by atoms with E-state index in [0.717, 1.165) is 22.5 Å². The molecule has 0 unspecified atom stereocenters. The van der Waals surface area contributed by atoms with Gasteiger partial charge in [0, 0.05) is 13.7 Å². The number of ether oxygens (including phenoxy) is 2. The van der Waals surface area contributed by atoms with Crippen LogP contribution in [-0.4, -0.2) is 46.0 Å². The molecule has 1 N–H and O–H groups in total. The van der Waals surface area contributed by atoms with E-state index in [1.54, 1.807) is 30.3 Å². The number of carboxylic acids is 1. The van der Waals surface area contributed by atoms with Gasteiger partial charge in [-0.25, -0.2) is 13.2 Å². The van der Waals surface area contributed by atoms with Gasteiger partial charge in [0.15, 0.2) is 17.5 Å². The van der Waals surface area contributed by atoms with Gasteiger partial charge < -0.3 is 19.0 Å². The zero-order valence-electron chi connectivity index (χ0n) is 25.9. The van der Waals surface area contributed by atoms with Crippen molar-refractivity contribution in [2.45, 2.75) is 50.2 Å². The van der Waals surface area contributed by atoms with Crippen molar-refractivity contribution in [2.24, 2.45) is 0 Å². The third-order valence-electron chi connectivity index (χ3n) is 8.26. The average Bonchev–Trinajstić information content (AvgIpc) is 3.02. The number of aliphatic carboxylic acids is 1. The van der Waals surface area contributed by atoms with Crippen molar-refractivity contribution in [3.05, 3.63) is 132 Å². The Balaban J connectivity index is 1.84. The van der Waals surface area contributed by atoms with Gasteiger partial charge >= 0.3 is 5.97 Å². The van der Waals surface area contributed by atoms with E-state index in [0.29, 0.717) is 5.56 Å². The van der Waals surface area contributed by atoms with Crippen LogP contribution in [-0.2, 0) is 30.5 Å². The van der Waals surface area contributed by atoms with E-state index in [4.69, 9.17) is 13.9 Å². The molecule has 0 radical (unpaired) electrons. The highest BCUT2D eigenvalue weighted by molar-refractivity contribution is 6.99. The highest BCUT2D eigenvalue weighted by atomic mass is 28.4. The predicted molar refractivity (Wildman–Crippen MR) is 171 cm³/mol. The lowest BCUT2D eigenvalue weighted by atomic mass is 9.70. The third kappa shape index (κ3) is 7.07. The van der Waals surface area contributed by atoms with Crippen LogP contribution in [0.5, 0.6) is 0 Å². The smallest absolute Gasteiger partial charge is 0.317 e. The predicted octanol–water partition coefficient (Wildman–Crippen LogP) is 6.62. The standard InChI is InChI=1S/C36H39F3O5Si/c1-35(2,3)45(28-16-10-6-11-17-28,29-18-12-7-13-19-29)44-21-20-32(43-25-42-4)36(34(40)41,24-26-14-8-5-9-15-26)27-22-30(37)33(39)31(38)23-27/h5-19,22-23,32H,20-21,24-25H2,1-4H3,(H,40,41)/t32-,36+/m1/s1. The maximum absolute atomic E-state index is 14.7. The lowest BCUT2D eigenvalue weighted by molar-refractivity contribution is -0.159. The first-order chi connectivity index (χ1) is 21.5. The van der Waals surface area contributed by atoms with E-state index in [1.165, 1.54) is 7.11 Å². The summed E-state index contributed by atoms with van der Waals surface area (Å²) >= 11 is 0. The molecular weight excluding hydrogens is 597 g/mol. The summed E-state index contributed by atoms with van der Waals surface area (Å²) in [7, 11) is -1.62. The SMILES string of the molecule is COCO[C@H](CCO[Si](c1ccccc1)(c1ccccc1)C(C)(C)C)[C@@](Cc1ccccc1)(C(=O)O)c1cc(F)c(F)c(F)c1. The quantitative estimate of drug-likeness (QED) is 0.0958. The van der Waals surface area contributed by atoms with Crippen LogP contribution < -0.4 is 10.4 Å². The van der Waals surface area contributed by atoms with Gasteiger partial charge in [0.1, 0.15) is 12.2 Å². The molecule has 0 amide bonds. The van der Waals surface area contributed by atoms with Crippen molar-refractivity contribution < 1.29 is 37.0 Å². The molecule has 9 heteroatoms. The van der Waals surface area contributed by atoms with E-state index in [1.807, 2.05) is 60.7 Å². The second-order valence-electron chi connectivity index (χ2n) is 12.1. The number of carboxylic acid groups (broad SMARTS) is 1. The van der Waals surface area contributed by atoms with E-state index < -0.39 is 43.3 Å². The number of rotatable bonds is 14. The molecule has 238 valence electrons. The number of halogens is 3. The Morgan fingerprint density at radius 1 is 0.822 bits per heavy atom. The number of benzene rings is 4. The molecule has 2 atom stereocenters. The van der Waals surface area contributed by atoms with E-state index >= 15 is 0 Å². The van der Waals surface area contributed by atoms with Gasteiger partial charge in [-0.05, 0) is 51.5 Å². The summed E-state index contributed by atoms with van der Waals surface area (Å²) in [5, 5.41) is 12.6. The molecule has 45 heavy (non-hydrogen) atoms.